The third-order valence-corrected chi connectivity index (χ3v) is 14.9. The molecule has 1 saturated carbocycles. The number of ketones is 1. The van der Waals surface area contributed by atoms with Gasteiger partial charge in [-0.1, -0.05) is 19.9 Å². The van der Waals surface area contributed by atoms with Gasteiger partial charge in [0.1, 0.15) is 30.2 Å². The van der Waals surface area contributed by atoms with E-state index in [1.54, 1.807) is 27.5 Å². The molecule has 4 fully saturated rings. The predicted molar refractivity (Wildman–Crippen MR) is 225 cm³/mol. The van der Waals surface area contributed by atoms with Crippen molar-refractivity contribution >= 4 is 11.8 Å². The number of cyclic esters (lactones) is 1. The Kier molecular flexibility index (Phi) is 13.8. The van der Waals surface area contributed by atoms with Gasteiger partial charge in [-0.25, -0.2) is 4.98 Å². The molecule has 0 aromatic carbocycles. The number of hydrogen-bond acceptors (Lipinski definition) is 13. The van der Waals surface area contributed by atoms with E-state index in [0.29, 0.717) is 37.3 Å². The number of Topliss-reactive ketones (excluding diaryl/α,β-unsaturated/α-hetero) is 1. The van der Waals surface area contributed by atoms with Gasteiger partial charge >= 0.3 is 5.97 Å². The highest BCUT2D eigenvalue weighted by Gasteiger charge is 2.57. The summed E-state index contributed by atoms with van der Waals surface area (Å²) in [7, 11) is 9.13. The van der Waals surface area contributed by atoms with Crippen molar-refractivity contribution in [2.45, 2.75) is 165 Å². The Morgan fingerprint density at radius 1 is 0.902 bits per heavy atom. The first-order valence-corrected chi connectivity index (χ1v) is 22.8. The number of nitrogens with one attached hydrogen (secondary N) is 1. The zero-order valence-corrected chi connectivity index (χ0v) is 37.5. The molecule has 0 radical (unpaired) electrons. The molecule has 17 atom stereocenters. The fourth-order valence-corrected chi connectivity index (χ4v) is 11.8. The number of aromatic nitrogens is 3. The monoisotopic (exact) mass is 848 g/mol. The van der Waals surface area contributed by atoms with Crippen molar-refractivity contribution in [1.29, 1.82) is 0 Å². The van der Waals surface area contributed by atoms with Crippen LogP contribution in [0.25, 0.3) is 11.4 Å². The second-order valence-corrected chi connectivity index (χ2v) is 18.6. The van der Waals surface area contributed by atoms with E-state index >= 15 is 4.79 Å². The summed E-state index contributed by atoms with van der Waals surface area (Å²) in [6.07, 6.45) is 8.57. The molecular formula is C47H68N4O10. The number of carbonyl (C=O) groups is 2. The van der Waals surface area contributed by atoms with Crippen LogP contribution in [0, 0.1) is 23.7 Å². The lowest BCUT2D eigenvalue weighted by molar-refractivity contribution is -0.314. The molecule has 14 nitrogen and oxygen atoms in total. The second kappa shape index (κ2) is 18.9. The quantitative estimate of drug-likeness (QED) is 0.265. The number of nitrogens with zero attached hydrogens (tertiary/aromatic N) is 3. The average molecular weight is 849 g/mol. The zero-order chi connectivity index (χ0) is 43.1. The molecule has 5 heterocycles. The number of rotatable bonds is 10. The van der Waals surface area contributed by atoms with Crippen LogP contribution < -0.4 is 0 Å². The summed E-state index contributed by atoms with van der Waals surface area (Å²) in [6.45, 7) is 8.14. The maximum absolute atomic E-state index is 15.2. The molecule has 0 spiro atoms. The van der Waals surface area contributed by atoms with Crippen LogP contribution in [-0.2, 0) is 47.5 Å². The normalized spacial score (nSPS) is 40.6. The van der Waals surface area contributed by atoms with Crippen molar-refractivity contribution < 1.29 is 47.5 Å². The molecule has 0 amide bonds. The third-order valence-electron chi connectivity index (χ3n) is 14.9. The standard InChI is InChI=1S/C47H68N4O10/c1-10-28-14-11-15-36(61-38-17-16-35(51(5)6)25(3)57-38)24(2)42(53)34-21-31-30-19-29(60-47-45(56-9)44(55-8)43(54-7)26(4)58-47)20-33(30)40-41(39(31)32(34)22-37(52)59-28)50-46(49-40)27-13-12-18-48-23-27/h12-13,18,21,23-26,28-33,35-36,38-39,43-45,47H,10-11,14-17,19-20,22H2,1-9H3,(H,49,50)/t24-,25?,26?,28+,29+,30+,31+,32-,33-,35+,36+,38+,39-,43+,44?,45+,47+/m1/s1. The molecule has 3 aliphatic carbocycles. The topological polar surface area (TPSA) is 153 Å². The van der Waals surface area contributed by atoms with Crippen LogP contribution in [0.3, 0.4) is 0 Å². The van der Waals surface area contributed by atoms with Gasteiger partial charge in [0.25, 0.3) is 0 Å². The van der Waals surface area contributed by atoms with Gasteiger partial charge in [0.15, 0.2) is 18.4 Å². The van der Waals surface area contributed by atoms with E-state index < -0.39 is 30.5 Å². The van der Waals surface area contributed by atoms with E-state index in [2.05, 4.69) is 48.9 Å². The number of ether oxygens (including phenoxy) is 8. The van der Waals surface area contributed by atoms with Crippen LogP contribution in [0.15, 0.2) is 36.2 Å². The van der Waals surface area contributed by atoms with Gasteiger partial charge in [-0.2, -0.15) is 0 Å². The molecule has 61 heavy (non-hydrogen) atoms. The van der Waals surface area contributed by atoms with E-state index in [4.69, 9.17) is 42.9 Å². The van der Waals surface area contributed by atoms with Crippen molar-refractivity contribution in [3.05, 3.63) is 47.6 Å². The lowest BCUT2D eigenvalue weighted by Crippen LogP contribution is -2.59. The highest BCUT2D eigenvalue weighted by Crippen LogP contribution is 2.61. The number of H-pyrrole nitrogens is 1. The van der Waals surface area contributed by atoms with E-state index in [1.807, 2.05) is 32.2 Å². The molecule has 3 unspecified atom stereocenters. The number of esters is 1. The number of likely N-dealkylation sites (N-methyl/N-ethyl adjacent to an activating group) is 1. The number of fused-ring (bicyclic) bond motifs is 8. The number of aromatic amines is 1. The van der Waals surface area contributed by atoms with Crippen molar-refractivity contribution in [2.75, 3.05) is 35.4 Å². The van der Waals surface area contributed by atoms with Gasteiger partial charge in [-0.15, -0.1) is 0 Å². The van der Waals surface area contributed by atoms with Gasteiger partial charge in [0.05, 0.1) is 36.5 Å². The molecule has 2 aromatic rings. The number of carbonyl (C=O) groups excluding carboxylic acids is 2. The molecule has 3 saturated heterocycles. The van der Waals surface area contributed by atoms with Crippen LogP contribution in [0.1, 0.15) is 109 Å². The van der Waals surface area contributed by atoms with E-state index in [-0.39, 0.29) is 84.6 Å². The van der Waals surface area contributed by atoms with Crippen molar-refractivity contribution in [1.82, 2.24) is 19.9 Å². The smallest absolute Gasteiger partial charge is 0.306 e. The number of imidazole rings is 1. The molecule has 3 aliphatic heterocycles. The number of methoxy groups -OCH3 is 3. The Balaban J connectivity index is 1.13. The molecule has 336 valence electrons. The first kappa shape index (κ1) is 44.5. The van der Waals surface area contributed by atoms with Crippen LogP contribution in [0.5, 0.6) is 0 Å². The van der Waals surface area contributed by atoms with Gasteiger partial charge < -0.3 is 47.8 Å². The van der Waals surface area contributed by atoms with Gasteiger partial charge in [0.2, 0.25) is 0 Å². The van der Waals surface area contributed by atoms with Gasteiger partial charge in [-0.3, -0.25) is 14.6 Å². The molecule has 8 rings (SSSR count). The van der Waals surface area contributed by atoms with Gasteiger partial charge in [0, 0.05) is 74.7 Å². The van der Waals surface area contributed by atoms with Crippen LogP contribution in [-0.4, -0.2) is 134 Å². The SMILES string of the molecule is CC[C@H]1CCC[C@H](O[C@H]2CC[C@H](N(C)C)C(C)O2)[C@@H](C)C(=O)C2=C[C@H]3[C@@H]4C[C@H](O[C@@H]5OC(C)[C@H](OC)C(OC)[C@@H]5OC)C[C@H]4c4[nH]c(-c5cccnc5)nc4[C@H]3[C@@H]2CC(=O)O1. The van der Waals surface area contributed by atoms with Crippen LogP contribution >= 0.6 is 0 Å². The summed E-state index contributed by atoms with van der Waals surface area (Å²) in [5.41, 5.74) is 3.50. The zero-order valence-electron chi connectivity index (χ0n) is 37.5. The molecule has 1 N–H and O–H groups in total. The highest BCUT2D eigenvalue weighted by atomic mass is 16.7. The number of allylic oxidation sites excluding steroid dienone is 2. The Morgan fingerprint density at radius 3 is 2.38 bits per heavy atom. The number of pyridine rings is 1. The summed E-state index contributed by atoms with van der Waals surface area (Å²) in [6, 6.07) is 4.21. The average Bonchev–Trinajstić information content (AvgIpc) is 3.98. The maximum Gasteiger partial charge on any atom is 0.306 e. The lowest BCUT2D eigenvalue weighted by atomic mass is 9.67. The maximum atomic E-state index is 15.2. The largest absolute Gasteiger partial charge is 0.462 e. The molecular weight excluding hydrogens is 781 g/mol. The molecule has 6 aliphatic rings. The number of hydrogen-bond donors (Lipinski definition) is 1. The fraction of sp³-hybridized carbons (Fsp3) is 0.745. The van der Waals surface area contributed by atoms with Gasteiger partial charge in [-0.05, 0) is 109 Å². The Bertz CT molecular complexity index is 1860. The van der Waals surface area contributed by atoms with Crippen LogP contribution in [0.4, 0.5) is 0 Å². The van der Waals surface area contributed by atoms with Crippen molar-refractivity contribution in [3.8, 4) is 11.4 Å². The van der Waals surface area contributed by atoms with E-state index in [1.165, 1.54) is 0 Å². The highest BCUT2D eigenvalue weighted by molar-refractivity contribution is 5.99. The van der Waals surface area contributed by atoms with Crippen molar-refractivity contribution in [3.63, 3.8) is 0 Å². The summed E-state index contributed by atoms with van der Waals surface area (Å²) in [5.74, 6) is -0.519. The minimum Gasteiger partial charge on any atom is -0.462 e. The minimum atomic E-state index is -0.674. The summed E-state index contributed by atoms with van der Waals surface area (Å²) >= 11 is 0. The first-order valence-electron chi connectivity index (χ1n) is 22.8. The third kappa shape index (κ3) is 8.77. The minimum absolute atomic E-state index is 0.00356. The van der Waals surface area contributed by atoms with Crippen molar-refractivity contribution in [2.24, 2.45) is 23.7 Å². The van der Waals surface area contributed by atoms with Crippen LogP contribution in [0.2, 0.25) is 0 Å². The van der Waals surface area contributed by atoms with E-state index in [9.17, 15) is 4.79 Å². The molecule has 2 aromatic heterocycles. The summed E-state index contributed by atoms with van der Waals surface area (Å²) < 4.78 is 50.4. The molecule has 14 heteroatoms. The lowest BCUT2D eigenvalue weighted by Gasteiger charge is -2.44. The summed E-state index contributed by atoms with van der Waals surface area (Å²) in [5, 5.41) is 0. The fourth-order valence-electron chi connectivity index (χ4n) is 11.8. The Labute approximate surface area is 361 Å². The second-order valence-electron chi connectivity index (χ2n) is 18.6. The Hall–Kier alpha value is -3.08. The molecule has 0 bridgehead atoms. The predicted octanol–water partition coefficient (Wildman–Crippen LogP) is 6.35. The Morgan fingerprint density at radius 2 is 1.69 bits per heavy atom. The van der Waals surface area contributed by atoms with E-state index in [0.717, 1.165) is 48.5 Å². The first-order chi connectivity index (χ1) is 29.4. The summed E-state index contributed by atoms with van der Waals surface area (Å²) in [4.78, 5) is 44.9.